The van der Waals surface area contributed by atoms with Gasteiger partial charge in [0.05, 0.1) is 26.4 Å². The minimum absolute atomic E-state index is 0.0190. The molecule has 0 radical (unpaired) electrons. The summed E-state index contributed by atoms with van der Waals surface area (Å²) in [5, 5.41) is 5.90. The second-order valence-electron chi connectivity index (χ2n) is 5.17. The number of nitrogens with one attached hydrogen (secondary N) is 1. The summed E-state index contributed by atoms with van der Waals surface area (Å²) in [4.78, 5) is 53.3. The number of nitrogens with zero attached hydrogens (tertiary/aromatic N) is 4. The summed E-state index contributed by atoms with van der Waals surface area (Å²) < 4.78 is 15.1. The van der Waals surface area contributed by atoms with Crippen LogP contribution in [-0.4, -0.2) is 74.6 Å². The van der Waals surface area contributed by atoms with Gasteiger partial charge in [0, 0.05) is 24.3 Å². The van der Waals surface area contributed by atoms with Crippen LogP contribution in [0.4, 0.5) is 4.79 Å². The first-order chi connectivity index (χ1) is 13.0. The molecule has 0 aromatic rings. The van der Waals surface area contributed by atoms with Gasteiger partial charge in [-0.05, 0) is 12.5 Å². The standard InChI is InChI=1S/C14H21N5O8/c1-10(13(22)27-19-11(20)2-3-12(19)21)17-14(23)26-9-8-25-7-6-24-5-4-16-18-15/h10H,2-9H2,1H3,(H,17,23)/t10-/m0/s1. The summed E-state index contributed by atoms with van der Waals surface area (Å²) in [6, 6.07) is -1.12. The highest BCUT2D eigenvalue weighted by Gasteiger charge is 2.34. The predicted octanol–water partition coefficient (Wildman–Crippen LogP) is 0.0518. The van der Waals surface area contributed by atoms with E-state index in [1.807, 2.05) is 0 Å². The maximum absolute atomic E-state index is 11.8. The highest BCUT2D eigenvalue weighted by molar-refractivity contribution is 6.01. The maximum atomic E-state index is 11.8. The number of azide groups is 1. The van der Waals surface area contributed by atoms with Crippen LogP contribution in [0.15, 0.2) is 5.11 Å². The molecule has 0 saturated carbocycles. The molecule has 0 spiro atoms. The summed E-state index contributed by atoms with van der Waals surface area (Å²) in [5.41, 5.74) is 8.06. The van der Waals surface area contributed by atoms with Crippen molar-refractivity contribution in [2.75, 3.05) is 39.6 Å². The smallest absolute Gasteiger partial charge is 0.407 e. The summed E-state index contributed by atoms with van der Waals surface area (Å²) >= 11 is 0. The van der Waals surface area contributed by atoms with E-state index in [2.05, 4.69) is 20.2 Å². The number of hydroxylamine groups is 2. The number of hydrogen-bond donors (Lipinski definition) is 1. The molecule has 1 aliphatic heterocycles. The van der Waals surface area contributed by atoms with E-state index in [4.69, 9.17) is 19.7 Å². The van der Waals surface area contributed by atoms with Gasteiger partial charge in [-0.2, -0.15) is 0 Å². The van der Waals surface area contributed by atoms with Gasteiger partial charge in [-0.15, -0.1) is 5.06 Å². The minimum atomic E-state index is -1.12. The SMILES string of the molecule is C[C@H](NC(=O)OCCOCCOCCN=[N+]=[N-])C(=O)ON1C(=O)CCC1=O. The largest absolute Gasteiger partial charge is 0.447 e. The number of amides is 3. The van der Waals surface area contributed by atoms with Gasteiger partial charge >= 0.3 is 12.1 Å². The van der Waals surface area contributed by atoms with Crippen LogP contribution >= 0.6 is 0 Å². The molecule has 3 amide bonds. The van der Waals surface area contributed by atoms with E-state index in [9.17, 15) is 19.2 Å². The summed E-state index contributed by atoms with van der Waals surface area (Å²) in [6.07, 6.45) is -0.920. The maximum Gasteiger partial charge on any atom is 0.407 e. The third kappa shape index (κ3) is 8.85. The van der Waals surface area contributed by atoms with Crippen molar-refractivity contribution in [1.29, 1.82) is 0 Å². The second-order valence-corrected chi connectivity index (χ2v) is 5.17. The number of hydrogen-bond acceptors (Lipinski definition) is 9. The van der Waals surface area contributed by atoms with Crippen LogP contribution < -0.4 is 5.32 Å². The van der Waals surface area contributed by atoms with Crippen molar-refractivity contribution in [3.8, 4) is 0 Å². The fourth-order valence-electron chi connectivity index (χ4n) is 1.77. The Kier molecular flexibility index (Phi) is 10.2. The summed E-state index contributed by atoms with van der Waals surface area (Å²) in [5.74, 6) is -2.19. The highest BCUT2D eigenvalue weighted by Crippen LogP contribution is 2.12. The van der Waals surface area contributed by atoms with Crippen molar-refractivity contribution >= 4 is 23.9 Å². The van der Waals surface area contributed by atoms with E-state index in [0.29, 0.717) is 11.7 Å². The minimum Gasteiger partial charge on any atom is -0.447 e. The van der Waals surface area contributed by atoms with Gasteiger partial charge in [-0.25, -0.2) is 9.59 Å². The summed E-state index contributed by atoms with van der Waals surface area (Å²) in [6.45, 7) is 2.46. The number of carbonyl (C=O) groups is 4. The lowest BCUT2D eigenvalue weighted by Gasteiger charge is -2.17. The van der Waals surface area contributed by atoms with Gasteiger partial charge in [0.1, 0.15) is 12.6 Å². The lowest BCUT2D eigenvalue weighted by molar-refractivity contribution is -0.198. The zero-order valence-electron chi connectivity index (χ0n) is 14.8. The summed E-state index contributed by atoms with van der Waals surface area (Å²) in [7, 11) is 0. The first kappa shape index (κ1) is 22.2. The normalized spacial score (nSPS) is 14.5. The zero-order valence-corrected chi connectivity index (χ0v) is 14.8. The van der Waals surface area contributed by atoms with Crippen molar-refractivity contribution in [2.24, 2.45) is 5.11 Å². The molecule has 0 bridgehead atoms. The second kappa shape index (κ2) is 12.5. The molecular formula is C14H21N5O8. The molecule has 0 aromatic carbocycles. The van der Waals surface area contributed by atoms with Gasteiger partial charge in [0.15, 0.2) is 0 Å². The molecule has 1 fully saturated rings. The molecule has 1 aliphatic rings. The molecule has 1 rings (SSSR count). The third-order valence-corrected chi connectivity index (χ3v) is 3.11. The Labute approximate surface area is 154 Å². The van der Waals surface area contributed by atoms with Gasteiger partial charge in [0.2, 0.25) is 0 Å². The Bertz CT molecular complexity index is 576. The zero-order chi connectivity index (χ0) is 20.1. The molecule has 1 N–H and O–H groups in total. The van der Waals surface area contributed by atoms with Crippen molar-refractivity contribution < 1.29 is 38.2 Å². The van der Waals surface area contributed by atoms with Gasteiger partial charge in [-0.3, -0.25) is 9.59 Å². The third-order valence-electron chi connectivity index (χ3n) is 3.11. The highest BCUT2D eigenvalue weighted by atomic mass is 16.7. The average molecular weight is 387 g/mol. The number of alkyl carbamates (subject to hydrolysis) is 1. The van der Waals surface area contributed by atoms with Crippen molar-refractivity contribution in [3.63, 3.8) is 0 Å². The molecule has 0 aromatic heterocycles. The van der Waals surface area contributed by atoms with Crippen LogP contribution in [0.5, 0.6) is 0 Å². The fourth-order valence-corrected chi connectivity index (χ4v) is 1.77. The number of ether oxygens (including phenoxy) is 3. The lowest BCUT2D eigenvalue weighted by atomic mass is 10.3. The average Bonchev–Trinajstić information content (AvgIpc) is 2.95. The number of imide groups is 1. The predicted molar refractivity (Wildman–Crippen MR) is 86.8 cm³/mol. The van der Waals surface area contributed by atoms with Gasteiger partial charge in [0.25, 0.3) is 11.8 Å². The quantitative estimate of drug-likeness (QED) is 0.161. The van der Waals surface area contributed by atoms with E-state index < -0.39 is 29.9 Å². The van der Waals surface area contributed by atoms with Crippen LogP contribution in [0.1, 0.15) is 19.8 Å². The molecule has 27 heavy (non-hydrogen) atoms. The van der Waals surface area contributed by atoms with E-state index in [1.165, 1.54) is 6.92 Å². The number of carbonyl (C=O) groups excluding carboxylic acids is 4. The first-order valence-corrected chi connectivity index (χ1v) is 8.13. The topological polar surface area (TPSA) is 169 Å². The van der Waals surface area contributed by atoms with Crippen LogP contribution in [0.3, 0.4) is 0 Å². The molecule has 1 heterocycles. The Balaban J connectivity index is 2.08. The van der Waals surface area contributed by atoms with Crippen molar-refractivity contribution in [1.82, 2.24) is 10.4 Å². The Morgan fingerprint density at radius 2 is 1.74 bits per heavy atom. The molecule has 1 saturated heterocycles. The first-order valence-electron chi connectivity index (χ1n) is 8.13. The molecule has 150 valence electrons. The molecule has 1 atom stereocenters. The van der Waals surface area contributed by atoms with Crippen molar-refractivity contribution in [2.45, 2.75) is 25.8 Å². The monoisotopic (exact) mass is 387 g/mol. The van der Waals surface area contributed by atoms with Gasteiger partial charge < -0.3 is 24.4 Å². The molecule has 0 unspecified atom stereocenters. The fraction of sp³-hybridized carbons (Fsp3) is 0.714. The van der Waals surface area contributed by atoms with E-state index in [-0.39, 0.29) is 45.8 Å². The van der Waals surface area contributed by atoms with E-state index >= 15 is 0 Å². The van der Waals surface area contributed by atoms with Crippen LogP contribution in [0, 0.1) is 0 Å². The molecule has 13 nitrogen and oxygen atoms in total. The Morgan fingerprint density at radius 3 is 2.37 bits per heavy atom. The molecule has 13 heteroatoms. The molecular weight excluding hydrogens is 366 g/mol. The molecule has 0 aliphatic carbocycles. The van der Waals surface area contributed by atoms with Crippen LogP contribution in [0.2, 0.25) is 0 Å². The Hall–Kier alpha value is -2.89. The van der Waals surface area contributed by atoms with Crippen molar-refractivity contribution in [3.05, 3.63) is 10.4 Å². The van der Waals surface area contributed by atoms with Crippen LogP contribution in [-0.2, 0) is 33.4 Å². The van der Waals surface area contributed by atoms with E-state index in [1.54, 1.807) is 0 Å². The van der Waals surface area contributed by atoms with Crippen LogP contribution in [0.25, 0.3) is 10.4 Å². The van der Waals surface area contributed by atoms with E-state index in [0.717, 1.165) is 0 Å². The van der Waals surface area contributed by atoms with Gasteiger partial charge in [-0.1, -0.05) is 5.11 Å². The Morgan fingerprint density at radius 1 is 1.15 bits per heavy atom. The lowest BCUT2D eigenvalue weighted by Crippen LogP contribution is -2.44. The number of rotatable bonds is 12.